The van der Waals surface area contributed by atoms with E-state index >= 15 is 0 Å². The van der Waals surface area contributed by atoms with Gasteiger partial charge in [-0.05, 0) is 24.3 Å². The molecule has 0 aliphatic carbocycles. The van der Waals surface area contributed by atoms with Crippen molar-refractivity contribution in [1.29, 1.82) is 5.26 Å². The predicted molar refractivity (Wildman–Crippen MR) is 91.4 cm³/mol. The molecule has 24 heavy (non-hydrogen) atoms. The molecule has 0 bridgehead atoms. The van der Waals surface area contributed by atoms with Crippen LogP contribution >= 0.6 is 11.6 Å². The summed E-state index contributed by atoms with van der Waals surface area (Å²) in [6, 6.07) is 13.7. The maximum Gasteiger partial charge on any atom is 0.243 e. The van der Waals surface area contributed by atoms with Crippen molar-refractivity contribution < 1.29 is 8.42 Å². The van der Waals surface area contributed by atoms with Gasteiger partial charge in [0.15, 0.2) is 5.69 Å². The summed E-state index contributed by atoms with van der Waals surface area (Å²) in [6.07, 6.45) is 0. The maximum absolute atomic E-state index is 12.6. The van der Waals surface area contributed by atoms with E-state index in [9.17, 15) is 8.42 Å². The third-order valence-electron chi connectivity index (χ3n) is 3.88. The first-order valence-corrected chi connectivity index (χ1v) is 9.21. The van der Waals surface area contributed by atoms with Gasteiger partial charge in [0.2, 0.25) is 10.0 Å². The number of sulfonamides is 1. The van der Waals surface area contributed by atoms with Crippen molar-refractivity contribution in [3.8, 4) is 6.07 Å². The van der Waals surface area contributed by atoms with Crippen LogP contribution in [0, 0.1) is 11.3 Å². The Labute approximate surface area is 146 Å². The Morgan fingerprint density at radius 1 is 1.04 bits per heavy atom. The van der Waals surface area contributed by atoms with E-state index in [1.165, 1.54) is 4.31 Å². The van der Waals surface area contributed by atoms with Crippen molar-refractivity contribution in [2.24, 2.45) is 0 Å². The van der Waals surface area contributed by atoms with Gasteiger partial charge in [-0.25, -0.2) is 13.4 Å². The van der Waals surface area contributed by atoms with Gasteiger partial charge >= 0.3 is 0 Å². The van der Waals surface area contributed by atoms with Gasteiger partial charge in [-0.3, -0.25) is 0 Å². The van der Waals surface area contributed by atoms with Crippen LogP contribution in [0.3, 0.4) is 0 Å². The molecule has 1 aliphatic heterocycles. The Balaban J connectivity index is 1.74. The monoisotopic (exact) mass is 362 g/mol. The topological polar surface area (TPSA) is 77.3 Å². The number of piperazine rings is 1. The van der Waals surface area contributed by atoms with Crippen LogP contribution in [-0.4, -0.2) is 43.9 Å². The quantitative estimate of drug-likeness (QED) is 0.835. The highest BCUT2D eigenvalue weighted by molar-refractivity contribution is 7.89. The molecule has 2 heterocycles. The molecule has 0 unspecified atom stereocenters. The molecular formula is C16H15ClN4O2S. The number of anilines is 1. The number of rotatable bonds is 3. The third-order valence-corrected chi connectivity index (χ3v) is 6.10. The van der Waals surface area contributed by atoms with E-state index in [1.807, 2.05) is 11.0 Å². The van der Waals surface area contributed by atoms with Crippen LogP contribution in [-0.2, 0) is 10.0 Å². The second-order valence-electron chi connectivity index (χ2n) is 5.32. The Morgan fingerprint density at radius 2 is 1.71 bits per heavy atom. The molecule has 2 aromatic rings. The van der Waals surface area contributed by atoms with E-state index in [-0.39, 0.29) is 5.69 Å². The minimum Gasteiger partial charge on any atom is -0.354 e. The van der Waals surface area contributed by atoms with Crippen molar-refractivity contribution in [3.05, 3.63) is 53.2 Å². The lowest BCUT2D eigenvalue weighted by molar-refractivity contribution is 0.384. The van der Waals surface area contributed by atoms with Gasteiger partial charge in [-0.2, -0.15) is 9.57 Å². The van der Waals surface area contributed by atoms with Crippen LogP contribution in [0.5, 0.6) is 0 Å². The SMILES string of the molecule is N#Cc1nc(N2CCN(S(=O)(=O)c3ccccc3)CC2)ccc1Cl. The molecule has 3 rings (SSSR count). The molecule has 0 amide bonds. The number of aromatic nitrogens is 1. The lowest BCUT2D eigenvalue weighted by atomic mass is 10.3. The molecule has 1 aromatic carbocycles. The summed E-state index contributed by atoms with van der Waals surface area (Å²) >= 11 is 5.90. The molecule has 0 radical (unpaired) electrons. The zero-order valence-electron chi connectivity index (χ0n) is 12.8. The minimum atomic E-state index is -3.47. The number of halogens is 1. The Bertz CT molecular complexity index is 873. The zero-order chi connectivity index (χ0) is 17.2. The molecule has 6 nitrogen and oxygen atoms in total. The van der Waals surface area contributed by atoms with E-state index in [4.69, 9.17) is 16.9 Å². The summed E-state index contributed by atoms with van der Waals surface area (Å²) in [5.41, 5.74) is 0.175. The van der Waals surface area contributed by atoms with E-state index < -0.39 is 10.0 Å². The first-order valence-electron chi connectivity index (χ1n) is 7.39. The molecule has 1 aromatic heterocycles. The lowest BCUT2D eigenvalue weighted by Gasteiger charge is -2.34. The van der Waals surface area contributed by atoms with Gasteiger partial charge in [0.25, 0.3) is 0 Å². The van der Waals surface area contributed by atoms with Crippen LogP contribution in [0.15, 0.2) is 47.4 Å². The minimum absolute atomic E-state index is 0.175. The maximum atomic E-state index is 12.6. The van der Waals surface area contributed by atoms with Gasteiger partial charge in [0.1, 0.15) is 11.9 Å². The number of hydrogen-bond acceptors (Lipinski definition) is 5. The molecule has 0 spiro atoms. The fourth-order valence-electron chi connectivity index (χ4n) is 2.59. The van der Waals surface area contributed by atoms with Crippen LogP contribution < -0.4 is 4.90 Å². The van der Waals surface area contributed by atoms with Gasteiger partial charge < -0.3 is 4.90 Å². The number of benzene rings is 1. The second kappa shape index (κ2) is 6.77. The number of hydrogen-bond donors (Lipinski definition) is 0. The van der Waals surface area contributed by atoms with Crippen molar-refractivity contribution in [2.75, 3.05) is 31.1 Å². The highest BCUT2D eigenvalue weighted by Gasteiger charge is 2.28. The molecule has 8 heteroatoms. The fourth-order valence-corrected chi connectivity index (χ4v) is 4.18. The fraction of sp³-hybridized carbons (Fsp3) is 0.250. The average Bonchev–Trinajstić information content (AvgIpc) is 2.63. The van der Waals surface area contributed by atoms with E-state index in [0.29, 0.717) is 41.9 Å². The molecular weight excluding hydrogens is 348 g/mol. The highest BCUT2D eigenvalue weighted by Crippen LogP contribution is 2.22. The third kappa shape index (κ3) is 3.22. The van der Waals surface area contributed by atoms with Gasteiger partial charge in [-0.1, -0.05) is 29.8 Å². The summed E-state index contributed by atoms with van der Waals surface area (Å²) in [4.78, 5) is 6.48. The molecule has 0 saturated carbocycles. The van der Waals surface area contributed by atoms with E-state index in [1.54, 1.807) is 42.5 Å². The lowest BCUT2D eigenvalue weighted by Crippen LogP contribution is -2.48. The number of nitrogens with zero attached hydrogens (tertiary/aromatic N) is 4. The molecule has 1 aliphatic rings. The summed E-state index contributed by atoms with van der Waals surface area (Å²) in [5.74, 6) is 0.632. The van der Waals surface area contributed by atoms with Crippen molar-refractivity contribution in [2.45, 2.75) is 4.90 Å². The number of pyridine rings is 1. The Hall–Kier alpha value is -2.14. The second-order valence-corrected chi connectivity index (χ2v) is 7.66. The molecule has 0 atom stereocenters. The number of nitriles is 1. The normalized spacial score (nSPS) is 15.9. The van der Waals surface area contributed by atoms with Crippen LogP contribution in [0.1, 0.15) is 5.69 Å². The standard InChI is InChI=1S/C16H15ClN4O2S/c17-14-6-7-16(19-15(14)12-18)20-8-10-21(11-9-20)24(22,23)13-4-2-1-3-5-13/h1-7H,8-11H2. The molecule has 124 valence electrons. The Kier molecular flexibility index (Phi) is 4.71. The summed E-state index contributed by atoms with van der Waals surface area (Å²) < 4.78 is 26.7. The Morgan fingerprint density at radius 3 is 2.33 bits per heavy atom. The molecule has 1 fully saturated rings. The first kappa shape index (κ1) is 16.7. The molecule has 0 N–H and O–H groups in total. The largest absolute Gasteiger partial charge is 0.354 e. The summed E-state index contributed by atoms with van der Waals surface area (Å²) in [7, 11) is -3.47. The van der Waals surface area contributed by atoms with Crippen molar-refractivity contribution >= 4 is 27.4 Å². The molecule has 1 saturated heterocycles. The summed E-state index contributed by atoms with van der Waals surface area (Å²) in [6.45, 7) is 1.74. The zero-order valence-corrected chi connectivity index (χ0v) is 14.3. The van der Waals surface area contributed by atoms with Crippen LogP contribution in [0.2, 0.25) is 5.02 Å². The van der Waals surface area contributed by atoms with Gasteiger partial charge in [0.05, 0.1) is 9.92 Å². The van der Waals surface area contributed by atoms with Gasteiger partial charge in [-0.15, -0.1) is 0 Å². The highest BCUT2D eigenvalue weighted by atomic mass is 35.5. The summed E-state index contributed by atoms with van der Waals surface area (Å²) in [5, 5.41) is 9.32. The van der Waals surface area contributed by atoms with E-state index in [2.05, 4.69) is 4.98 Å². The van der Waals surface area contributed by atoms with Crippen molar-refractivity contribution in [1.82, 2.24) is 9.29 Å². The first-order chi connectivity index (χ1) is 11.5. The van der Waals surface area contributed by atoms with Crippen LogP contribution in [0.4, 0.5) is 5.82 Å². The van der Waals surface area contributed by atoms with Crippen molar-refractivity contribution in [3.63, 3.8) is 0 Å². The predicted octanol–water partition coefficient (Wildman–Crippen LogP) is 2.12. The average molecular weight is 363 g/mol. The smallest absolute Gasteiger partial charge is 0.243 e. The van der Waals surface area contributed by atoms with Crippen LogP contribution in [0.25, 0.3) is 0 Å². The van der Waals surface area contributed by atoms with Gasteiger partial charge in [0, 0.05) is 26.2 Å². The van der Waals surface area contributed by atoms with E-state index in [0.717, 1.165) is 0 Å².